The largest absolute Gasteiger partial charge is 0.337 e. The highest BCUT2D eigenvalue weighted by Crippen LogP contribution is 2.26. The van der Waals surface area contributed by atoms with Gasteiger partial charge in [-0.3, -0.25) is 5.10 Å². The molecule has 8 heteroatoms. The van der Waals surface area contributed by atoms with Crippen molar-refractivity contribution >= 4 is 34.1 Å². The molecule has 0 bridgehead atoms. The van der Waals surface area contributed by atoms with E-state index in [1.54, 1.807) is 0 Å². The number of rotatable bonds is 2. The Kier molecular flexibility index (Phi) is 2.98. The summed E-state index contributed by atoms with van der Waals surface area (Å²) in [4.78, 5) is 7.88. The molecule has 0 fully saturated rings. The van der Waals surface area contributed by atoms with Crippen molar-refractivity contribution in [3.63, 3.8) is 0 Å². The van der Waals surface area contributed by atoms with Gasteiger partial charge in [0.05, 0.1) is 17.3 Å². The molecule has 0 atom stereocenters. The van der Waals surface area contributed by atoms with Crippen LogP contribution in [0.4, 0.5) is 20.3 Å². The highest BCUT2D eigenvalue weighted by atomic mass is 35.5. The Balaban J connectivity index is 2.09. The highest BCUT2D eigenvalue weighted by molar-refractivity contribution is 6.28. The molecule has 0 amide bonds. The van der Waals surface area contributed by atoms with E-state index in [4.69, 9.17) is 11.6 Å². The Morgan fingerprint density at radius 2 is 2.00 bits per heavy atom. The molecule has 5 nitrogen and oxygen atoms in total. The van der Waals surface area contributed by atoms with Crippen LogP contribution in [0.3, 0.4) is 0 Å². The van der Waals surface area contributed by atoms with Crippen LogP contribution in [0.2, 0.25) is 5.28 Å². The van der Waals surface area contributed by atoms with Crippen LogP contribution in [0, 0.1) is 18.6 Å². The van der Waals surface area contributed by atoms with Gasteiger partial charge in [-0.05, 0) is 30.2 Å². The molecule has 3 rings (SSSR count). The van der Waals surface area contributed by atoms with Gasteiger partial charge in [-0.1, -0.05) is 0 Å². The lowest BCUT2D eigenvalue weighted by Crippen LogP contribution is -2.00. The van der Waals surface area contributed by atoms with Crippen LogP contribution < -0.4 is 5.32 Å². The third kappa shape index (κ3) is 2.16. The van der Waals surface area contributed by atoms with Gasteiger partial charge in [0, 0.05) is 6.07 Å². The first-order valence-corrected chi connectivity index (χ1v) is 6.01. The molecule has 20 heavy (non-hydrogen) atoms. The van der Waals surface area contributed by atoms with Crippen LogP contribution in [0.1, 0.15) is 5.56 Å². The summed E-state index contributed by atoms with van der Waals surface area (Å²) in [5.74, 6) is -0.858. The van der Waals surface area contributed by atoms with Gasteiger partial charge in [0.25, 0.3) is 0 Å². The molecular weight excluding hydrogens is 288 g/mol. The molecule has 0 aliphatic heterocycles. The maximum absolute atomic E-state index is 13.8. The fourth-order valence-corrected chi connectivity index (χ4v) is 1.94. The summed E-state index contributed by atoms with van der Waals surface area (Å²) in [7, 11) is 0. The number of hydrogen-bond acceptors (Lipinski definition) is 4. The molecule has 0 saturated carbocycles. The second-order valence-corrected chi connectivity index (χ2v) is 4.52. The van der Waals surface area contributed by atoms with Gasteiger partial charge in [0.2, 0.25) is 5.28 Å². The average Bonchev–Trinajstić information content (AvgIpc) is 2.84. The zero-order valence-corrected chi connectivity index (χ0v) is 11.0. The Morgan fingerprint density at radius 3 is 2.80 bits per heavy atom. The van der Waals surface area contributed by atoms with Gasteiger partial charge >= 0.3 is 0 Å². The topological polar surface area (TPSA) is 66.5 Å². The van der Waals surface area contributed by atoms with Gasteiger partial charge in [-0.2, -0.15) is 15.1 Å². The van der Waals surface area contributed by atoms with Crippen molar-refractivity contribution in [2.24, 2.45) is 0 Å². The Hall–Kier alpha value is -2.28. The van der Waals surface area contributed by atoms with Crippen molar-refractivity contribution in [2.75, 3.05) is 5.32 Å². The van der Waals surface area contributed by atoms with Crippen molar-refractivity contribution in [1.82, 2.24) is 20.2 Å². The second-order valence-electron chi connectivity index (χ2n) is 4.18. The fourth-order valence-electron chi connectivity index (χ4n) is 1.77. The molecule has 2 heterocycles. The lowest BCUT2D eigenvalue weighted by Gasteiger charge is -2.09. The molecule has 3 aromatic rings. The molecule has 0 radical (unpaired) electrons. The maximum atomic E-state index is 13.8. The first-order chi connectivity index (χ1) is 9.54. The van der Waals surface area contributed by atoms with Crippen molar-refractivity contribution in [3.05, 3.63) is 40.8 Å². The molecule has 102 valence electrons. The summed E-state index contributed by atoms with van der Waals surface area (Å²) >= 11 is 5.77. The highest BCUT2D eigenvalue weighted by Gasteiger charge is 2.12. The number of anilines is 2. The molecule has 2 aromatic heterocycles. The zero-order valence-electron chi connectivity index (χ0n) is 10.2. The van der Waals surface area contributed by atoms with E-state index in [2.05, 4.69) is 25.5 Å². The molecule has 0 unspecified atom stereocenters. The number of nitrogens with one attached hydrogen (secondary N) is 2. The van der Waals surface area contributed by atoms with Crippen LogP contribution in [-0.4, -0.2) is 20.2 Å². The summed E-state index contributed by atoms with van der Waals surface area (Å²) in [6, 6.07) is 2.17. The van der Waals surface area contributed by atoms with Gasteiger partial charge in [0.1, 0.15) is 17.5 Å². The first kappa shape index (κ1) is 12.7. The number of aromatic nitrogens is 4. The third-order valence-corrected chi connectivity index (χ3v) is 2.95. The molecular formula is C12H8ClF2N5. The SMILES string of the molecule is Cc1cc(F)c(Nc2nc(Cl)nc3[nH]ncc23)cc1F. The lowest BCUT2D eigenvalue weighted by atomic mass is 10.2. The number of fused-ring (bicyclic) bond motifs is 1. The number of nitrogens with zero attached hydrogens (tertiary/aromatic N) is 3. The van der Waals surface area contributed by atoms with Crippen LogP contribution in [-0.2, 0) is 0 Å². The Labute approximate surface area is 117 Å². The molecule has 2 N–H and O–H groups in total. The van der Waals surface area contributed by atoms with E-state index in [1.807, 2.05) is 0 Å². The van der Waals surface area contributed by atoms with Crippen LogP contribution >= 0.6 is 11.6 Å². The molecule has 0 saturated heterocycles. The van der Waals surface area contributed by atoms with Gasteiger partial charge in [-0.15, -0.1) is 0 Å². The summed E-state index contributed by atoms with van der Waals surface area (Å²) in [6.07, 6.45) is 1.47. The molecule has 0 aliphatic carbocycles. The van der Waals surface area contributed by atoms with Crippen molar-refractivity contribution in [3.8, 4) is 0 Å². The molecule has 0 aliphatic rings. The lowest BCUT2D eigenvalue weighted by molar-refractivity contribution is 0.595. The minimum atomic E-state index is -0.588. The Morgan fingerprint density at radius 1 is 1.20 bits per heavy atom. The predicted molar refractivity (Wildman–Crippen MR) is 71.1 cm³/mol. The minimum absolute atomic E-state index is 0.0303. The zero-order chi connectivity index (χ0) is 14.3. The number of hydrogen-bond donors (Lipinski definition) is 2. The normalized spacial score (nSPS) is 11.0. The molecule has 0 spiro atoms. The maximum Gasteiger partial charge on any atom is 0.226 e. The van der Waals surface area contributed by atoms with Gasteiger partial charge in [-0.25, -0.2) is 8.78 Å². The Bertz CT molecular complexity index is 802. The van der Waals surface area contributed by atoms with Crippen LogP contribution in [0.5, 0.6) is 0 Å². The predicted octanol–water partition coefficient (Wildman–Crippen LogP) is 3.34. The smallest absolute Gasteiger partial charge is 0.226 e. The van der Waals surface area contributed by atoms with Crippen LogP contribution in [0.15, 0.2) is 18.3 Å². The van der Waals surface area contributed by atoms with E-state index >= 15 is 0 Å². The van der Waals surface area contributed by atoms with Gasteiger partial charge < -0.3 is 5.32 Å². The monoisotopic (exact) mass is 295 g/mol. The van der Waals surface area contributed by atoms with E-state index in [0.29, 0.717) is 11.0 Å². The summed E-state index contributed by atoms with van der Waals surface area (Å²) in [6.45, 7) is 1.48. The van der Waals surface area contributed by atoms with Crippen molar-refractivity contribution < 1.29 is 8.78 Å². The second kappa shape index (κ2) is 4.68. The summed E-state index contributed by atoms with van der Waals surface area (Å²) < 4.78 is 27.3. The number of aromatic amines is 1. The third-order valence-electron chi connectivity index (χ3n) is 2.78. The van der Waals surface area contributed by atoms with E-state index in [0.717, 1.165) is 12.1 Å². The fraction of sp³-hybridized carbons (Fsp3) is 0.0833. The van der Waals surface area contributed by atoms with E-state index in [1.165, 1.54) is 13.1 Å². The van der Waals surface area contributed by atoms with E-state index in [-0.39, 0.29) is 22.4 Å². The number of aryl methyl sites for hydroxylation is 1. The number of H-pyrrole nitrogens is 1. The van der Waals surface area contributed by atoms with Crippen LogP contribution in [0.25, 0.3) is 11.0 Å². The van der Waals surface area contributed by atoms with Crippen molar-refractivity contribution in [2.45, 2.75) is 6.92 Å². The standard InChI is InChI=1S/C12H8ClF2N5/c1-5-2-8(15)9(3-7(5)14)17-10-6-4-16-20-11(6)19-12(13)18-10/h2-4H,1H3,(H2,16,17,18,19,20). The van der Waals surface area contributed by atoms with E-state index < -0.39 is 11.6 Å². The minimum Gasteiger partial charge on any atom is -0.337 e. The van der Waals surface area contributed by atoms with E-state index in [9.17, 15) is 8.78 Å². The number of benzene rings is 1. The van der Waals surface area contributed by atoms with Crippen molar-refractivity contribution in [1.29, 1.82) is 0 Å². The first-order valence-electron chi connectivity index (χ1n) is 5.64. The summed E-state index contributed by atoms with van der Waals surface area (Å²) in [5.41, 5.74) is 0.591. The molecule has 1 aromatic carbocycles. The quantitative estimate of drug-likeness (QED) is 0.712. The number of halogens is 3. The van der Waals surface area contributed by atoms with Gasteiger partial charge in [0.15, 0.2) is 5.65 Å². The summed E-state index contributed by atoms with van der Waals surface area (Å²) in [5, 5.41) is 9.63. The average molecular weight is 296 g/mol.